The molecule has 20 heavy (non-hydrogen) atoms. The summed E-state index contributed by atoms with van der Waals surface area (Å²) in [4.78, 5) is 25.4. The van der Waals surface area contributed by atoms with Crippen molar-refractivity contribution in [1.29, 1.82) is 0 Å². The van der Waals surface area contributed by atoms with Crippen LogP contribution in [0.25, 0.3) is 0 Å². The van der Waals surface area contributed by atoms with E-state index in [1.807, 2.05) is 45.9 Å². The zero-order chi connectivity index (χ0) is 15.3. The number of rotatable bonds is 5. The molecule has 0 saturated heterocycles. The minimum atomic E-state index is -0.169. The summed E-state index contributed by atoms with van der Waals surface area (Å²) in [7, 11) is 1.66. The summed E-state index contributed by atoms with van der Waals surface area (Å²) >= 11 is 0. The molecular formula is C16H24N2O2. The molecule has 0 aromatic heterocycles. The maximum Gasteiger partial charge on any atom is 0.243 e. The molecule has 0 radical (unpaired) electrons. The van der Waals surface area contributed by atoms with Gasteiger partial charge in [0, 0.05) is 18.7 Å². The van der Waals surface area contributed by atoms with E-state index in [4.69, 9.17) is 0 Å². The molecule has 2 amide bonds. The lowest BCUT2D eigenvalue weighted by Gasteiger charge is -2.20. The number of anilines is 1. The molecule has 1 rings (SSSR count). The number of carbonyl (C=O) groups excluding carboxylic acids is 2. The van der Waals surface area contributed by atoms with Crippen molar-refractivity contribution in [3.8, 4) is 0 Å². The topological polar surface area (TPSA) is 49.4 Å². The van der Waals surface area contributed by atoms with Gasteiger partial charge in [0.05, 0.1) is 6.54 Å². The van der Waals surface area contributed by atoms with Crippen molar-refractivity contribution in [3.05, 3.63) is 29.3 Å². The first-order valence-corrected chi connectivity index (χ1v) is 6.97. The van der Waals surface area contributed by atoms with Gasteiger partial charge in [-0.3, -0.25) is 9.59 Å². The molecule has 0 aliphatic carbocycles. The van der Waals surface area contributed by atoms with Crippen molar-refractivity contribution in [3.63, 3.8) is 0 Å². The molecule has 0 saturated carbocycles. The van der Waals surface area contributed by atoms with Crippen molar-refractivity contribution < 1.29 is 9.59 Å². The Morgan fingerprint density at radius 3 is 2.55 bits per heavy atom. The first kappa shape index (κ1) is 16.2. The van der Waals surface area contributed by atoms with Crippen LogP contribution < -0.4 is 5.32 Å². The molecule has 0 heterocycles. The van der Waals surface area contributed by atoms with Crippen molar-refractivity contribution in [2.45, 2.75) is 34.1 Å². The van der Waals surface area contributed by atoms with Gasteiger partial charge >= 0.3 is 0 Å². The number of carbonyl (C=O) groups is 2. The fourth-order valence-electron chi connectivity index (χ4n) is 1.92. The van der Waals surface area contributed by atoms with Crippen molar-refractivity contribution >= 4 is 17.5 Å². The van der Waals surface area contributed by atoms with E-state index in [0.29, 0.717) is 0 Å². The van der Waals surface area contributed by atoms with E-state index in [-0.39, 0.29) is 24.3 Å². The van der Waals surface area contributed by atoms with Gasteiger partial charge in [-0.2, -0.15) is 0 Å². The Morgan fingerprint density at radius 2 is 1.95 bits per heavy atom. The smallest absolute Gasteiger partial charge is 0.243 e. The third-order valence-electron chi connectivity index (χ3n) is 3.67. The summed E-state index contributed by atoms with van der Waals surface area (Å²) < 4.78 is 0. The Balaban J connectivity index is 2.64. The largest absolute Gasteiger partial charge is 0.336 e. The summed E-state index contributed by atoms with van der Waals surface area (Å²) in [5, 5.41) is 2.86. The predicted molar refractivity (Wildman–Crippen MR) is 81.6 cm³/mol. The molecule has 1 atom stereocenters. The lowest BCUT2D eigenvalue weighted by Crippen LogP contribution is -2.37. The number of hydrogen-bond acceptors (Lipinski definition) is 2. The molecule has 1 aromatic carbocycles. The fraction of sp³-hybridized carbons (Fsp3) is 0.500. The molecule has 4 heteroatoms. The minimum absolute atomic E-state index is 0.00335. The van der Waals surface area contributed by atoms with Crippen LogP contribution in [-0.4, -0.2) is 30.3 Å². The molecule has 0 fully saturated rings. The van der Waals surface area contributed by atoms with Crippen molar-refractivity contribution in [2.75, 3.05) is 18.9 Å². The van der Waals surface area contributed by atoms with E-state index in [1.54, 1.807) is 7.05 Å². The Bertz CT molecular complexity index is 497. The highest BCUT2D eigenvalue weighted by molar-refractivity contribution is 5.95. The van der Waals surface area contributed by atoms with Gasteiger partial charge in [0.1, 0.15) is 0 Å². The first-order chi connectivity index (χ1) is 9.36. The molecule has 4 nitrogen and oxygen atoms in total. The molecule has 1 aromatic rings. The molecule has 0 aliphatic rings. The standard InChI is InChI=1S/C16H24N2O2/c1-6-11(2)16(20)18(5)10-15(19)17-14-9-7-8-12(3)13(14)4/h7-9,11H,6,10H2,1-5H3,(H,17,19). The second-order valence-electron chi connectivity index (χ2n) is 5.30. The second kappa shape index (κ2) is 7.08. The van der Waals surface area contributed by atoms with E-state index in [9.17, 15) is 9.59 Å². The van der Waals surface area contributed by atoms with Crippen LogP contribution in [0.15, 0.2) is 18.2 Å². The summed E-state index contributed by atoms with van der Waals surface area (Å²) in [6, 6.07) is 5.78. The molecule has 1 N–H and O–H groups in total. The van der Waals surface area contributed by atoms with Gasteiger partial charge in [-0.15, -0.1) is 0 Å². The number of aryl methyl sites for hydroxylation is 1. The third kappa shape index (κ3) is 4.08. The van der Waals surface area contributed by atoms with Gasteiger partial charge in [0.25, 0.3) is 0 Å². The Hall–Kier alpha value is -1.84. The maximum atomic E-state index is 12.0. The third-order valence-corrected chi connectivity index (χ3v) is 3.67. The van der Waals surface area contributed by atoms with Crippen molar-refractivity contribution in [2.24, 2.45) is 5.92 Å². The molecule has 1 unspecified atom stereocenters. The Morgan fingerprint density at radius 1 is 1.30 bits per heavy atom. The highest BCUT2D eigenvalue weighted by atomic mass is 16.2. The summed E-state index contributed by atoms with van der Waals surface area (Å²) in [5.41, 5.74) is 2.99. The van der Waals surface area contributed by atoms with Crippen LogP contribution in [0.4, 0.5) is 5.69 Å². The van der Waals surface area contributed by atoms with Gasteiger partial charge in [0.2, 0.25) is 11.8 Å². The number of hydrogen-bond donors (Lipinski definition) is 1. The van der Waals surface area contributed by atoms with Crippen LogP contribution in [0.3, 0.4) is 0 Å². The normalized spacial score (nSPS) is 11.8. The molecule has 0 bridgehead atoms. The lowest BCUT2D eigenvalue weighted by atomic mass is 10.1. The van der Waals surface area contributed by atoms with E-state index >= 15 is 0 Å². The number of likely N-dealkylation sites (N-methyl/N-ethyl adjacent to an activating group) is 1. The van der Waals surface area contributed by atoms with Crippen LogP contribution in [0.5, 0.6) is 0 Å². The van der Waals surface area contributed by atoms with Gasteiger partial charge < -0.3 is 10.2 Å². The van der Waals surface area contributed by atoms with Crippen LogP contribution in [-0.2, 0) is 9.59 Å². The highest BCUT2D eigenvalue weighted by Crippen LogP contribution is 2.17. The average molecular weight is 276 g/mol. The quantitative estimate of drug-likeness (QED) is 0.899. The number of nitrogens with zero attached hydrogens (tertiary/aromatic N) is 1. The summed E-state index contributed by atoms with van der Waals surface area (Å²) in [6.07, 6.45) is 0.780. The number of nitrogens with one attached hydrogen (secondary N) is 1. The lowest BCUT2D eigenvalue weighted by molar-refractivity contribution is -0.136. The Kier molecular flexibility index (Phi) is 5.74. The van der Waals surface area contributed by atoms with Crippen LogP contribution in [0.1, 0.15) is 31.4 Å². The monoisotopic (exact) mass is 276 g/mol. The first-order valence-electron chi connectivity index (χ1n) is 6.97. The predicted octanol–water partition coefficient (Wildman–Crippen LogP) is 2.75. The molecular weight excluding hydrogens is 252 g/mol. The second-order valence-corrected chi connectivity index (χ2v) is 5.30. The van der Waals surface area contributed by atoms with Gasteiger partial charge in [-0.25, -0.2) is 0 Å². The van der Waals surface area contributed by atoms with E-state index in [1.165, 1.54) is 4.90 Å². The van der Waals surface area contributed by atoms with E-state index in [2.05, 4.69) is 5.32 Å². The van der Waals surface area contributed by atoms with Gasteiger partial charge in [-0.1, -0.05) is 26.0 Å². The zero-order valence-corrected chi connectivity index (χ0v) is 13.0. The van der Waals surface area contributed by atoms with Crippen LogP contribution in [0, 0.1) is 19.8 Å². The SMILES string of the molecule is CCC(C)C(=O)N(C)CC(=O)Nc1cccc(C)c1C. The summed E-state index contributed by atoms with van der Waals surface area (Å²) in [5.74, 6) is -0.213. The summed E-state index contributed by atoms with van der Waals surface area (Å²) in [6.45, 7) is 7.90. The minimum Gasteiger partial charge on any atom is -0.336 e. The van der Waals surface area contributed by atoms with Gasteiger partial charge in [0.15, 0.2) is 0 Å². The number of benzene rings is 1. The average Bonchev–Trinajstić information content (AvgIpc) is 2.42. The molecule has 110 valence electrons. The van der Waals surface area contributed by atoms with Crippen molar-refractivity contribution in [1.82, 2.24) is 4.90 Å². The highest BCUT2D eigenvalue weighted by Gasteiger charge is 2.18. The van der Waals surface area contributed by atoms with Crippen LogP contribution in [0.2, 0.25) is 0 Å². The zero-order valence-electron chi connectivity index (χ0n) is 13.0. The van der Waals surface area contributed by atoms with E-state index < -0.39 is 0 Å². The fourth-order valence-corrected chi connectivity index (χ4v) is 1.92. The van der Waals surface area contributed by atoms with Crippen LogP contribution >= 0.6 is 0 Å². The van der Waals surface area contributed by atoms with Gasteiger partial charge in [-0.05, 0) is 37.5 Å². The maximum absolute atomic E-state index is 12.0. The molecule has 0 spiro atoms. The Labute approximate surface area is 121 Å². The molecule has 0 aliphatic heterocycles. The number of amides is 2. The van der Waals surface area contributed by atoms with E-state index in [0.717, 1.165) is 23.2 Å².